The van der Waals surface area contributed by atoms with Crippen LogP contribution in [0.5, 0.6) is 0 Å². The summed E-state index contributed by atoms with van der Waals surface area (Å²) in [7, 11) is 0. The Bertz CT molecular complexity index is 723. The standard InChI is InChI=1S/C6H9N3.C4H3ClN2.C4H4N2.C3H3N3/c1-5(2)6-8-3-7-4-9-6;5-4-1-6-3-7-2-4;1-2-5-4-6-3-1;1-4-2-6-3-5-1/h3-5H,1-2H3;1-3H;1-4H;1-3H. The first-order valence-corrected chi connectivity index (χ1v) is 8.35. The molecule has 0 aliphatic rings. The van der Waals surface area contributed by atoms with Crippen molar-refractivity contribution < 1.29 is 0 Å². The van der Waals surface area contributed by atoms with E-state index in [0.29, 0.717) is 10.9 Å². The predicted octanol–water partition coefficient (Wildman–Crippen LogP) is 2.47. The smallest absolute Gasteiger partial charge is 0.134 e. The third-order valence-corrected chi connectivity index (χ3v) is 2.63. The molecule has 0 amide bonds. The van der Waals surface area contributed by atoms with Gasteiger partial charge in [-0.25, -0.2) is 49.8 Å². The predicted molar refractivity (Wildman–Crippen MR) is 103 cm³/mol. The van der Waals surface area contributed by atoms with Gasteiger partial charge in [0.2, 0.25) is 0 Å². The second-order valence-electron chi connectivity index (χ2n) is 4.91. The minimum atomic E-state index is 0.396. The van der Waals surface area contributed by atoms with E-state index in [4.69, 9.17) is 11.6 Å². The lowest BCUT2D eigenvalue weighted by atomic mass is 10.2. The zero-order chi connectivity index (χ0) is 20.3. The highest BCUT2D eigenvalue weighted by atomic mass is 35.5. The van der Waals surface area contributed by atoms with Gasteiger partial charge in [-0.2, -0.15) is 0 Å². The maximum Gasteiger partial charge on any atom is 0.134 e. The Kier molecular flexibility index (Phi) is 12.6. The number of rotatable bonds is 1. The van der Waals surface area contributed by atoms with Gasteiger partial charge in [-0.05, 0) is 6.07 Å². The normalized spacial score (nSPS) is 8.86. The molecule has 0 unspecified atom stereocenters. The van der Waals surface area contributed by atoms with Gasteiger partial charge in [0.15, 0.2) is 0 Å². The van der Waals surface area contributed by atoms with Crippen molar-refractivity contribution in [2.24, 2.45) is 0 Å². The van der Waals surface area contributed by atoms with Crippen LogP contribution in [0.25, 0.3) is 0 Å². The molecule has 11 heteroatoms. The Morgan fingerprint density at radius 2 is 1.04 bits per heavy atom. The van der Waals surface area contributed by atoms with E-state index < -0.39 is 0 Å². The molecule has 0 saturated heterocycles. The molecule has 0 fully saturated rings. The van der Waals surface area contributed by atoms with E-state index in [2.05, 4.69) is 63.7 Å². The Morgan fingerprint density at radius 3 is 1.29 bits per heavy atom. The number of nitrogens with zero attached hydrogens (tertiary/aromatic N) is 10. The lowest BCUT2D eigenvalue weighted by Crippen LogP contribution is -1.95. The van der Waals surface area contributed by atoms with Gasteiger partial charge in [-0.1, -0.05) is 25.4 Å². The van der Waals surface area contributed by atoms with Gasteiger partial charge in [-0.3, -0.25) is 0 Å². The molecule has 0 bridgehead atoms. The van der Waals surface area contributed by atoms with Crippen molar-refractivity contribution in [2.45, 2.75) is 19.8 Å². The van der Waals surface area contributed by atoms with Gasteiger partial charge in [0, 0.05) is 30.7 Å². The van der Waals surface area contributed by atoms with Crippen molar-refractivity contribution in [3.05, 3.63) is 86.0 Å². The lowest BCUT2D eigenvalue weighted by molar-refractivity contribution is 0.759. The third-order valence-electron chi connectivity index (χ3n) is 2.44. The zero-order valence-electron chi connectivity index (χ0n) is 15.4. The summed E-state index contributed by atoms with van der Waals surface area (Å²) in [5.74, 6) is 1.25. The Balaban J connectivity index is 0.000000189. The van der Waals surface area contributed by atoms with Crippen LogP contribution >= 0.6 is 11.6 Å². The summed E-state index contributed by atoms with van der Waals surface area (Å²) in [4.78, 5) is 36.9. The minimum Gasteiger partial charge on any atom is -0.245 e. The van der Waals surface area contributed by atoms with E-state index >= 15 is 0 Å². The summed E-state index contributed by atoms with van der Waals surface area (Å²) in [5.41, 5.74) is 0. The van der Waals surface area contributed by atoms with Gasteiger partial charge in [-0.15, -0.1) is 0 Å². The average molecular weight is 399 g/mol. The number of hydrogen-bond donors (Lipinski definition) is 0. The molecule has 0 aliphatic carbocycles. The maximum atomic E-state index is 5.41. The van der Waals surface area contributed by atoms with Gasteiger partial charge in [0.05, 0.1) is 5.02 Å². The summed E-state index contributed by atoms with van der Waals surface area (Å²) in [6.45, 7) is 4.10. The van der Waals surface area contributed by atoms with Crippen LogP contribution in [0.4, 0.5) is 0 Å². The molecule has 28 heavy (non-hydrogen) atoms. The molecule has 0 saturated carbocycles. The van der Waals surface area contributed by atoms with Crippen LogP contribution in [-0.4, -0.2) is 49.8 Å². The van der Waals surface area contributed by atoms with Gasteiger partial charge >= 0.3 is 0 Å². The molecule has 0 aromatic carbocycles. The molecule has 0 radical (unpaired) electrons. The molecule has 4 rings (SSSR count). The largest absolute Gasteiger partial charge is 0.245 e. The summed E-state index contributed by atoms with van der Waals surface area (Å²) in [6, 6.07) is 1.78. The molecule has 0 N–H and O–H groups in total. The van der Waals surface area contributed by atoms with Crippen LogP contribution in [0.1, 0.15) is 25.6 Å². The van der Waals surface area contributed by atoms with Crippen LogP contribution in [0.15, 0.2) is 75.1 Å². The molecular weight excluding hydrogens is 380 g/mol. The number of hydrogen-bond acceptors (Lipinski definition) is 10. The van der Waals surface area contributed by atoms with Crippen molar-refractivity contribution in [1.29, 1.82) is 0 Å². The van der Waals surface area contributed by atoms with Crippen molar-refractivity contribution in [3.8, 4) is 0 Å². The van der Waals surface area contributed by atoms with E-state index in [1.54, 1.807) is 18.5 Å². The summed E-state index contributed by atoms with van der Waals surface area (Å²) in [5, 5.41) is 0.572. The maximum absolute atomic E-state index is 5.41. The molecule has 4 heterocycles. The van der Waals surface area contributed by atoms with E-state index in [9.17, 15) is 0 Å². The van der Waals surface area contributed by atoms with Gasteiger partial charge in [0.25, 0.3) is 0 Å². The first kappa shape index (κ1) is 22.5. The van der Waals surface area contributed by atoms with Crippen molar-refractivity contribution in [1.82, 2.24) is 49.8 Å². The van der Waals surface area contributed by atoms with Crippen molar-refractivity contribution >= 4 is 11.6 Å². The van der Waals surface area contributed by atoms with Crippen LogP contribution < -0.4 is 0 Å². The van der Waals surface area contributed by atoms with Gasteiger partial charge < -0.3 is 0 Å². The fourth-order valence-electron chi connectivity index (χ4n) is 1.29. The minimum absolute atomic E-state index is 0.396. The zero-order valence-corrected chi connectivity index (χ0v) is 16.1. The summed E-state index contributed by atoms with van der Waals surface area (Å²) >= 11 is 5.41. The highest BCUT2D eigenvalue weighted by Gasteiger charge is 1.98. The lowest BCUT2D eigenvalue weighted by Gasteiger charge is -1.98. The topological polar surface area (TPSA) is 129 Å². The molecule has 0 aliphatic heterocycles. The molecule has 144 valence electrons. The highest BCUT2D eigenvalue weighted by molar-refractivity contribution is 6.30. The number of halogens is 1. The Labute approximate surface area is 167 Å². The fourth-order valence-corrected chi connectivity index (χ4v) is 1.40. The van der Waals surface area contributed by atoms with E-state index in [-0.39, 0.29) is 0 Å². The SMILES string of the molecule is CC(C)c1ncncn1.Clc1cncnc1.c1cncnc1.c1ncncn1. The molecular formula is C17H19ClN10. The van der Waals surface area contributed by atoms with Crippen LogP contribution in [0.3, 0.4) is 0 Å². The van der Waals surface area contributed by atoms with Crippen LogP contribution in [-0.2, 0) is 0 Å². The first-order chi connectivity index (χ1) is 13.7. The van der Waals surface area contributed by atoms with Crippen molar-refractivity contribution in [2.75, 3.05) is 0 Å². The second kappa shape index (κ2) is 15.7. The molecule has 0 atom stereocenters. The molecule has 10 nitrogen and oxygen atoms in total. The monoisotopic (exact) mass is 398 g/mol. The van der Waals surface area contributed by atoms with Crippen LogP contribution in [0.2, 0.25) is 5.02 Å². The fraction of sp³-hybridized carbons (Fsp3) is 0.176. The summed E-state index contributed by atoms with van der Waals surface area (Å²) < 4.78 is 0. The molecule has 4 aromatic heterocycles. The first-order valence-electron chi connectivity index (χ1n) is 7.97. The third kappa shape index (κ3) is 12.8. The average Bonchev–Trinajstić information content (AvgIpc) is 2.79. The van der Waals surface area contributed by atoms with E-state index in [1.807, 2.05) is 0 Å². The highest BCUT2D eigenvalue weighted by Crippen LogP contribution is 2.04. The molecule has 4 aromatic rings. The quantitative estimate of drug-likeness (QED) is 0.471. The Hall–Kier alpha value is -3.53. The van der Waals surface area contributed by atoms with E-state index in [0.717, 1.165) is 5.82 Å². The van der Waals surface area contributed by atoms with Gasteiger partial charge in [0.1, 0.15) is 50.1 Å². The Morgan fingerprint density at radius 1 is 0.607 bits per heavy atom. The van der Waals surface area contributed by atoms with Crippen molar-refractivity contribution in [3.63, 3.8) is 0 Å². The summed E-state index contributed by atoms with van der Waals surface area (Å²) in [6.07, 6.45) is 16.7. The number of aromatic nitrogens is 10. The second-order valence-corrected chi connectivity index (χ2v) is 5.34. The van der Waals surface area contributed by atoms with E-state index in [1.165, 1.54) is 56.7 Å². The molecule has 0 spiro atoms. The van der Waals surface area contributed by atoms with Crippen LogP contribution in [0, 0.1) is 0 Å².